The zero-order valence-electron chi connectivity index (χ0n) is 52.5. The summed E-state index contributed by atoms with van der Waals surface area (Å²) < 4.78 is 49.0. The average Bonchev–Trinajstić information content (AvgIpc) is 1.78. The molecule has 9 rings (SSSR count). The summed E-state index contributed by atoms with van der Waals surface area (Å²) in [6, 6.07) is 5.99. The topological polar surface area (TPSA) is 254 Å². The van der Waals surface area contributed by atoms with Crippen LogP contribution < -0.4 is 0 Å². The number of ketones is 2. The molecule has 1 aromatic rings. The number of aliphatic hydroxyl groups excluding tert-OH is 3. The number of benzene rings is 1. The Hall–Kier alpha value is -3.77. The molecule has 0 heterocycles. The van der Waals surface area contributed by atoms with Crippen LogP contribution in [0.15, 0.2) is 29.2 Å². The van der Waals surface area contributed by atoms with Crippen LogP contribution >= 0.6 is 0 Å². The van der Waals surface area contributed by atoms with Gasteiger partial charge in [0.25, 0.3) is 10.1 Å². The minimum atomic E-state index is -4.02. The summed E-state index contributed by atoms with van der Waals surface area (Å²) in [5.74, 6) is 2.48. The van der Waals surface area contributed by atoms with Crippen LogP contribution in [-0.4, -0.2) is 109 Å². The molecule has 8 aliphatic rings. The Morgan fingerprint density at radius 2 is 1.00 bits per heavy atom. The first kappa shape index (κ1) is 68.3. The van der Waals surface area contributed by atoms with Gasteiger partial charge in [0.15, 0.2) is 0 Å². The molecule has 470 valence electrons. The fraction of sp³-hybridized carbons (Fsp3) is 0.818. The second kappa shape index (κ2) is 27.5. The number of methoxy groups -OCH3 is 3. The highest BCUT2D eigenvalue weighted by Crippen LogP contribution is 2.71. The van der Waals surface area contributed by atoms with Gasteiger partial charge in [-0.25, -0.2) is 0 Å². The minimum Gasteiger partial charge on any atom is -0.469 e. The maximum atomic E-state index is 14.2. The molecular formula is C66H104O16S. The van der Waals surface area contributed by atoms with Crippen LogP contribution in [0.5, 0.6) is 0 Å². The number of fused-ring (bicyclic) bond motifs is 10. The zero-order valence-corrected chi connectivity index (χ0v) is 53.3. The van der Waals surface area contributed by atoms with Crippen molar-refractivity contribution in [2.75, 3.05) is 21.3 Å². The molecule has 0 radical (unpaired) electrons. The molecule has 22 atom stereocenters. The van der Waals surface area contributed by atoms with E-state index in [1.54, 1.807) is 12.1 Å². The van der Waals surface area contributed by atoms with Crippen molar-refractivity contribution in [2.45, 2.75) is 221 Å². The van der Waals surface area contributed by atoms with E-state index in [9.17, 15) is 52.5 Å². The molecule has 16 nitrogen and oxygen atoms in total. The largest absolute Gasteiger partial charge is 0.469 e. The monoisotopic (exact) mass is 1180 g/mol. The normalized spacial score (nSPS) is 40.1. The fourth-order valence-corrected chi connectivity index (χ4v) is 20.0. The number of carbonyl (C=O) groups excluding carboxylic acids is 6. The first-order valence-corrected chi connectivity index (χ1v) is 32.8. The number of hydrogen-bond acceptors (Lipinski definition) is 15. The van der Waals surface area contributed by atoms with Gasteiger partial charge in [-0.1, -0.05) is 73.1 Å². The van der Waals surface area contributed by atoms with Gasteiger partial charge in [0.05, 0.1) is 44.5 Å². The number of esters is 4. The predicted molar refractivity (Wildman–Crippen MR) is 313 cm³/mol. The molecule has 8 fully saturated rings. The van der Waals surface area contributed by atoms with Crippen LogP contribution in [0.4, 0.5) is 0 Å². The van der Waals surface area contributed by atoms with Crippen molar-refractivity contribution in [3.63, 3.8) is 0 Å². The molecule has 0 amide bonds. The van der Waals surface area contributed by atoms with Gasteiger partial charge in [-0.2, -0.15) is 8.42 Å². The lowest BCUT2D eigenvalue weighted by Crippen LogP contribution is -2.64. The van der Waals surface area contributed by atoms with Crippen LogP contribution in [0.1, 0.15) is 190 Å². The molecule has 0 aliphatic heterocycles. The third kappa shape index (κ3) is 13.7. The van der Waals surface area contributed by atoms with Crippen molar-refractivity contribution in [3.8, 4) is 0 Å². The molecule has 0 saturated heterocycles. The third-order valence-corrected chi connectivity index (χ3v) is 24.8. The second-order valence-electron chi connectivity index (χ2n) is 27.7. The predicted octanol–water partition coefficient (Wildman–Crippen LogP) is 10.8. The second-order valence-corrected chi connectivity index (χ2v) is 29.2. The molecule has 4 N–H and O–H groups in total. The Morgan fingerprint density at radius 3 is 1.37 bits per heavy atom. The Balaban J connectivity index is 0.000000211. The van der Waals surface area contributed by atoms with Crippen molar-refractivity contribution in [2.24, 2.45) is 105 Å². The van der Waals surface area contributed by atoms with E-state index in [0.717, 1.165) is 95.5 Å². The highest BCUT2D eigenvalue weighted by Gasteiger charge is 2.69. The summed E-state index contributed by atoms with van der Waals surface area (Å²) >= 11 is 0. The van der Waals surface area contributed by atoms with Gasteiger partial charge in [-0.15, -0.1) is 0 Å². The molecule has 83 heavy (non-hydrogen) atoms. The highest BCUT2D eigenvalue weighted by molar-refractivity contribution is 7.85. The minimum absolute atomic E-state index is 0.00215. The Morgan fingerprint density at radius 1 is 0.590 bits per heavy atom. The molecule has 0 aromatic heterocycles. The third-order valence-electron chi connectivity index (χ3n) is 24.0. The molecule has 8 saturated carbocycles. The van der Waals surface area contributed by atoms with Crippen molar-refractivity contribution >= 4 is 45.6 Å². The lowest BCUT2D eigenvalue weighted by Gasteiger charge is -2.63. The van der Waals surface area contributed by atoms with Gasteiger partial charge in [-0.05, 0) is 192 Å². The van der Waals surface area contributed by atoms with Gasteiger partial charge < -0.3 is 34.3 Å². The van der Waals surface area contributed by atoms with E-state index in [-0.39, 0.29) is 122 Å². The first-order chi connectivity index (χ1) is 38.8. The standard InChI is InChI=1S/C29H46O6.C27H44O5.C7H8O3S.C3H6O2/c1-7-19-22-14-18(35-17(3)30)12-13-28(22,4)23-15-24(31)29(5)20(16(2)8-11-25(32)34-6)9-10-21(29)26(23)27(19)33;1-6-17-20-13-16(28)11-12-26(20,3)21-14-22(29)27(4)18(15(2)7-10-23(30)32-5)8-9-19(27)24(21)25(17)31;1-6-2-4-7(5-3-6)11(8,9)10;1-3(4)5-2/h16,18-24,26,31H,7-15H2,1-6H3;15-22,24,28-29H,6-14H2,1-5H3;2-5H,1H3,(H,8,9,10);1-2H3/t16-,18-,19-,20-,21?,22+,23?,24+,26?,28+,29-;15-,16-,17-,18-,19?,20+,21?,22+,24?,26+,27-;;/m11../s1. The van der Waals surface area contributed by atoms with Crippen molar-refractivity contribution in [1.29, 1.82) is 0 Å². The Labute approximate surface area is 496 Å². The van der Waals surface area contributed by atoms with Gasteiger partial charge in [0.2, 0.25) is 0 Å². The summed E-state index contributed by atoms with van der Waals surface area (Å²) in [5.41, 5.74) is 0.380. The summed E-state index contributed by atoms with van der Waals surface area (Å²) in [4.78, 5) is 72.8. The SMILES string of the molecule is CC[C@H]1C(=O)C2C3CC[C@H]([C@H](C)CCC(=O)OC)[C@@]3(C)[C@@H](O)CC2[C@@]2(C)CC[C@@H](O)C[C@@H]12.CC[C@H]1C(=O)C2C3CC[C@H]([C@H](C)CCC(=O)OC)[C@@]3(C)[C@@H](O)CC2[C@@]2(C)CC[C@@H](OC(C)=O)C[C@@H]12.COC(C)=O.Cc1ccc(S(=O)(=O)O)cc1. The quantitative estimate of drug-likeness (QED) is 0.0862. The van der Waals surface area contributed by atoms with Crippen molar-refractivity contribution in [3.05, 3.63) is 29.8 Å². The van der Waals surface area contributed by atoms with Crippen LogP contribution in [0, 0.1) is 111 Å². The van der Waals surface area contributed by atoms with Gasteiger partial charge in [-0.3, -0.25) is 33.3 Å². The average molecular weight is 1190 g/mol. The number of ether oxygens (including phenoxy) is 4. The summed E-state index contributed by atoms with van der Waals surface area (Å²) in [5, 5.41) is 33.8. The van der Waals surface area contributed by atoms with E-state index in [1.807, 2.05) is 6.92 Å². The maximum Gasteiger partial charge on any atom is 0.305 e. The van der Waals surface area contributed by atoms with Crippen LogP contribution in [0.25, 0.3) is 0 Å². The number of hydrogen-bond donors (Lipinski definition) is 4. The lowest BCUT2D eigenvalue weighted by atomic mass is 9.41. The number of rotatable bonds is 12. The first-order valence-electron chi connectivity index (χ1n) is 31.4. The molecule has 6 unspecified atom stereocenters. The molecule has 0 spiro atoms. The van der Waals surface area contributed by atoms with Crippen molar-refractivity contribution in [1.82, 2.24) is 0 Å². The van der Waals surface area contributed by atoms with E-state index < -0.39 is 22.3 Å². The number of Topliss-reactive ketones (excluding diaryl/α,β-unsaturated/α-hetero) is 2. The van der Waals surface area contributed by atoms with Gasteiger partial charge >= 0.3 is 23.9 Å². The van der Waals surface area contributed by atoms with E-state index in [2.05, 4.69) is 60.1 Å². The van der Waals surface area contributed by atoms with E-state index >= 15 is 0 Å². The van der Waals surface area contributed by atoms with E-state index in [1.165, 1.54) is 47.3 Å². The summed E-state index contributed by atoms with van der Waals surface area (Å²) in [7, 11) is 0.190. The Kier molecular flexibility index (Phi) is 22.7. The number of aryl methyl sites for hydroxylation is 1. The lowest BCUT2D eigenvalue weighted by molar-refractivity contribution is -0.195. The van der Waals surface area contributed by atoms with E-state index in [0.29, 0.717) is 60.9 Å². The molecule has 0 bridgehead atoms. The fourth-order valence-electron chi connectivity index (χ4n) is 19.5. The molecular weight excluding hydrogens is 1080 g/mol. The van der Waals surface area contributed by atoms with Gasteiger partial charge in [0.1, 0.15) is 17.7 Å². The highest BCUT2D eigenvalue weighted by atomic mass is 32.2. The Bertz CT molecular complexity index is 2550. The number of carbonyl (C=O) groups is 6. The van der Waals surface area contributed by atoms with E-state index in [4.69, 9.17) is 18.8 Å². The van der Waals surface area contributed by atoms with Crippen molar-refractivity contribution < 1.29 is 76.0 Å². The van der Waals surface area contributed by atoms with Crippen LogP contribution in [-0.2, 0) is 57.8 Å². The smallest absolute Gasteiger partial charge is 0.305 e. The molecule has 17 heteroatoms. The summed E-state index contributed by atoms with van der Waals surface area (Å²) in [6.45, 7) is 22.5. The summed E-state index contributed by atoms with van der Waals surface area (Å²) in [6.07, 6.45) is 13.1. The number of aliphatic hydroxyl groups is 3. The van der Waals surface area contributed by atoms with Gasteiger partial charge in [0, 0.05) is 61.2 Å². The maximum absolute atomic E-state index is 14.2. The zero-order chi connectivity index (χ0) is 61.9. The van der Waals surface area contributed by atoms with Crippen LogP contribution in [0.2, 0.25) is 0 Å². The molecule has 1 aromatic carbocycles. The van der Waals surface area contributed by atoms with Crippen LogP contribution in [0.3, 0.4) is 0 Å². The molecule has 8 aliphatic carbocycles.